The molecule has 0 aromatic heterocycles. The van der Waals surface area contributed by atoms with Crippen LogP contribution in [0.4, 0.5) is 4.79 Å². The van der Waals surface area contributed by atoms with Crippen molar-refractivity contribution in [2.24, 2.45) is 0 Å². The van der Waals surface area contributed by atoms with E-state index in [4.69, 9.17) is 9.47 Å². The molecule has 0 radical (unpaired) electrons. The third-order valence-corrected chi connectivity index (χ3v) is 3.38. The molecule has 0 aliphatic heterocycles. The minimum Gasteiger partial charge on any atom is -0.508 e. The average Bonchev–Trinajstić information content (AvgIpc) is 2.63. The summed E-state index contributed by atoms with van der Waals surface area (Å²) < 4.78 is 15.0. The SMILES string of the molecule is COC(=O)CN(Cc1ccc(O)cc1)C(=O)Oc1ccc(OC)cc1. The van der Waals surface area contributed by atoms with E-state index in [1.54, 1.807) is 36.4 Å². The second-order valence-corrected chi connectivity index (χ2v) is 5.14. The van der Waals surface area contributed by atoms with Gasteiger partial charge in [0.1, 0.15) is 23.8 Å². The van der Waals surface area contributed by atoms with E-state index in [9.17, 15) is 14.7 Å². The highest BCUT2D eigenvalue weighted by molar-refractivity contribution is 5.79. The van der Waals surface area contributed by atoms with E-state index in [0.717, 1.165) is 5.56 Å². The zero-order chi connectivity index (χ0) is 18.2. The van der Waals surface area contributed by atoms with E-state index in [-0.39, 0.29) is 18.8 Å². The Hall–Kier alpha value is -3.22. The van der Waals surface area contributed by atoms with Gasteiger partial charge in [-0.05, 0) is 42.0 Å². The number of hydrogen-bond donors (Lipinski definition) is 1. The van der Waals surface area contributed by atoms with Gasteiger partial charge >= 0.3 is 12.1 Å². The summed E-state index contributed by atoms with van der Waals surface area (Å²) in [5.41, 5.74) is 0.730. The number of carbonyl (C=O) groups excluding carboxylic acids is 2. The van der Waals surface area contributed by atoms with E-state index < -0.39 is 12.1 Å². The highest BCUT2D eigenvalue weighted by Gasteiger charge is 2.20. The topological polar surface area (TPSA) is 85.3 Å². The molecular weight excluding hydrogens is 326 g/mol. The van der Waals surface area contributed by atoms with Crippen LogP contribution in [-0.4, -0.2) is 42.8 Å². The first kappa shape index (κ1) is 18.1. The van der Waals surface area contributed by atoms with Crippen molar-refractivity contribution in [3.63, 3.8) is 0 Å². The van der Waals surface area contributed by atoms with Gasteiger partial charge in [0.15, 0.2) is 0 Å². The van der Waals surface area contributed by atoms with E-state index in [1.165, 1.54) is 31.3 Å². The Balaban J connectivity index is 2.10. The van der Waals surface area contributed by atoms with Crippen molar-refractivity contribution < 1.29 is 28.9 Å². The maximum atomic E-state index is 12.4. The molecule has 2 aromatic carbocycles. The van der Waals surface area contributed by atoms with E-state index >= 15 is 0 Å². The Bertz CT molecular complexity index is 711. The van der Waals surface area contributed by atoms with Crippen molar-refractivity contribution in [2.45, 2.75) is 6.54 Å². The molecule has 2 aromatic rings. The first-order chi connectivity index (χ1) is 12.0. The van der Waals surface area contributed by atoms with Gasteiger partial charge in [0.05, 0.1) is 14.2 Å². The lowest BCUT2D eigenvalue weighted by Crippen LogP contribution is -2.37. The maximum Gasteiger partial charge on any atom is 0.416 e. The largest absolute Gasteiger partial charge is 0.508 e. The number of amides is 1. The molecule has 25 heavy (non-hydrogen) atoms. The van der Waals surface area contributed by atoms with E-state index in [2.05, 4.69) is 4.74 Å². The first-order valence-electron chi connectivity index (χ1n) is 7.47. The first-order valence-corrected chi connectivity index (χ1v) is 7.47. The molecule has 132 valence electrons. The average molecular weight is 345 g/mol. The van der Waals surface area contributed by atoms with Gasteiger partial charge in [-0.3, -0.25) is 9.69 Å². The fraction of sp³-hybridized carbons (Fsp3) is 0.222. The lowest BCUT2D eigenvalue weighted by Gasteiger charge is -2.21. The van der Waals surface area contributed by atoms with Gasteiger partial charge in [0.2, 0.25) is 0 Å². The summed E-state index contributed by atoms with van der Waals surface area (Å²) in [6, 6.07) is 12.8. The number of hydrogen-bond acceptors (Lipinski definition) is 6. The molecule has 2 rings (SSSR count). The summed E-state index contributed by atoms with van der Waals surface area (Å²) in [7, 11) is 2.78. The molecular formula is C18H19NO6. The second-order valence-electron chi connectivity index (χ2n) is 5.14. The molecule has 1 N–H and O–H groups in total. The molecule has 0 saturated heterocycles. The summed E-state index contributed by atoms with van der Waals surface area (Å²) in [5, 5.41) is 9.33. The third-order valence-electron chi connectivity index (χ3n) is 3.38. The summed E-state index contributed by atoms with van der Waals surface area (Å²) >= 11 is 0. The summed E-state index contributed by atoms with van der Waals surface area (Å²) in [5.74, 6) is 0.510. The number of esters is 1. The number of rotatable bonds is 6. The Morgan fingerprint density at radius 1 is 0.960 bits per heavy atom. The molecule has 1 amide bonds. The lowest BCUT2D eigenvalue weighted by atomic mass is 10.2. The highest BCUT2D eigenvalue weighted by Crippen LogP contribution is 2.19. The van der Waals surface area contributed by atoms with Crippen LogP contribution in [0.1, 0.15) is 5.56 Å². The van der Waals surface area contributed by atoms with Crippen molar-refractivity contribution in [1.82, 2.24) is 4.90 Å². The number of phenolic OH excluding ortho intramolecular Hbond substituents is 1. The smallest absolute Gasteiger partial charge is 0.416 e. The van der Waals surface area contributed by atoms with E-state index in [0.29, 0.717) is 11.5 Å². The molecule has 0 aliphatic carbocycles. The Kier molecular flexibility index (Phi) is 6.22. The van der Waals surface area contributed by atoms with Crippen LogP contribution < -0.4 is 9.47 Å². The minimum absolute atomic E-state index is 0.115. The standard InChI is InChI=1S/C18H19NO6/c1-23-15-7-9-16(10-8-15)25-18(22)19(12-17(21)24-2)11-13-3-5-14(20)6-4-13/h3-10,20H,11-12H2,1-2H3. The molecule has 0 unspecified atom stereocenters. The Labute approximate surface area is 145 Å². The fourth-order valence-electron chi connectivity index (χ4n) is 2.04. The van der Waals surface area contributed by atoms with Crippen molar-refractivity contribution in [2.75, 3.05) is 20.8 Å². The second kappa shape index (κ2) is 8.58. The van der Waals surface area contributed by atoms with Crippen LogP contribution >= 0.6 is 0 Å². The number of aromatic hydroxyl groups is 1. The summed E-state index contributed by atoms with van der Waals surface area (Å²) in [6.07, 6.45) is -0.691. The van der Waals surface area contributed by atoms with Gasteiger partial charge in [-0.25, -0.2) is 4.79 Å². The third kappa shape index (κ3) is 5.42. The number of ether oxygens (including phenoxy) is 3. The van der Waals surface area contributed by atoms with Crippen molar-refractivity contribution in [1.29, 1.82) is 0 Å². The fourth-order valence-corrected chi connectivity index (χ4v) is 2.04. The van der Waals surface area contributed by atoms with Crippen molar-refractivity contribution in [3.05, 3.63) is 54.1 Å². The molecule has 7 heteroatoms. The quantitative estimate of drug-likeness (QED) is 0.810. The molecule has 0 aliphatic rings. The highest BCUT2D eigenvalue weighted by atomic mass is 16.6. The zero-order valence-electron chi connectivity index (χ0n) is 14.0. The molecule has 0 heterocycles. The van der Waals surface area contributed by atoms with Crippen LogP contribution in [0.5, 0.6) is 17.2 Å². The monoisotopic (exact) mass is 345 g/mol. The van der Waals surface area contributed by atoms with Gasteiger partial charge in [-0.2, -0.15) is 0 Å². The lowest BCUT2D eigenvalue weighted by molar-refractivity contribution is -0.141. The minimum atomic E-state index is -0.691. The molecule has 0 saturated carbocycles. The molecule has 0 atom stereocenters. The van der Waals surface area contributed by atoms with Crippen molar-refractivity contribution in [3.8, 4) is 17.2 Å². The number of nitrogens with zero attached hydrogens (tertiary/aromatic N) is 1. The van der Waals surface area contributed by atoms with Gasteiger partial charge in [-0.1, -0.05) is 12.1 Å². The molecule has 0 spiro atoms. The van der Waals surface area contributed by atoms with Crippen LogP contribution in [0.2, 0.25) is 0 Å². The predicted molar refractivity (Wildman–Crippen MR) is 89.6 cm³/mol. The zero-order valence-corrected chi connectivity index (χ0v) is 14.0. The van der Waals surface area contributed by atoms with Crippen LogP contribution in [0, 0.1) is 0 Å². The van der Waals surface area contributed by atoms with Crippen LogP contribution in [0.3, 0.4) is 0 Å². The van der Waals surface area contributed by atoms with Gasteiger partial charge in [0, 0.05) is 6.54 Å². The number of phenols is 1. The Morgan fingerprint density at radius 2 is 1.56 bits per heavy atom. The normalized spacial score (nSPS) is 10.0. The van der Waals surface area contributed by atoms with Crippen LogP contribution in [0.15, 0.2) is 48.5 Å². The van der Waals surface area contributed by atoms with Crippen LogP contribution in [0.25, 0.3) is 0 Å². The summed E-state index contributed by atoms with van der Waals surface area (Å²) in [6.45, 7) is -0.128. The van der Waals surface area contributed by atoms with Gasteiger partial charge in [-0.15, -0.1) is 0 Å². The maximum absolute atomic E-state index is 12.4. The summed E-state index contributed by atoms with van der Waals surface area (Å²) in [4.78, 5) is 25.2. The molecule has 0 bridgehead atoms. The molecule has 7 nitrogen and oxygen atoms in total. The van der Waals surface area contributed by atoms with Crippen LogP contribution in [-0.2, 0) is 16.1 Å². The van der Waals surface area contributed by atoms with Gasteiger partial charge < -0.3 is 19.3 Å². The number of benzene rings is 2. The molecule has 0 fully saturated rings. The Morgan fingerprint density at radius 3 is 2.12 bits per heavy atom. The number of methoxy groups -OCH3 is 2. The van der Waals surface area contributed by atoms with Crippen molar-refractivity contribution >= 4 is 12.1 Å². The van der Waals surface area contributed by atoms with E-state index in [1.807, 2.05) is 0 Å². The van der Waals surface area contributed by atoms with Gasteiger partial charge in [0.25, 0.3) is 0 Å². The number of carbonyl (C=O) groups is 2. The predicted octanol–water partition coefficient (Wildman–Crippen LogP) is 2.57.